The lowest BCUT2D eigenvalue weighted by atomic mass is 9.88. The molecule has 0 aromatic heterocycles. The van der Waals surface area contributed by atoms with Crippen LogP contribution in [0.2, 0.25) is 0 Å². The summed E-state index contributed by atoms with van der Waals surface area (Å²) in [6.45, 7) is 0.557. The van der Waals surface area contributed by atoms with Crippen LogP contribution in [0.1, 0.15) is 22.7 Å². The number of urea groups is 1. The molecule has 2 amide bonds. The fourth-order valence-corrected chi connectivity index (χ4v) is 4.27. The number of carbonyl (C=O) groups excluding carboxylic acids is 1. The van der Waals surface area contributed by atoms with Gasteiger partial charge in [0.05, 0.1) is 34.5 Å². The number of methoxy groups -OCH3 is 4. The normalized spacial score (nSPS) is 14.8. The van der Waals surface area contributed by atoms with E-state index in [2.05, 4.69) is 5.32 Å². The third-order valence-electron chi connectivity index (χ3n) is 5.88. The Morgan fingerprint density at radius 3 is 2.12 bits per heavy atom. The maximum atomic E-state index is 13.5. The Bertz CT molecular complexity index is 1130. The molecule has 3 aromatic carbocycles. The van der Waals surface area contributed by atoms with Crippen LogP contribution >= 0.6 is 0 Å². The minimum atomic E-state index is -0.269. The summed E-state index contributed by atoms with van der Waals surface area (Å²) in [5, 5.41) is 3.01. The number of nitrogens with zero attached hydrogens (tertiary/aromatic N) is 1. The zero-order valence-electron chi connectivity index (χ0n) is 19.3. The molecule has 0 saturated heterocycles. The average molecular weight is 449 g/mol. The maximum absolute atomic E-state index is 13.5. The minimum absolute atomic E-state index is 0.198. The summed E-state index contributed by atoms with van der Waals surface area (Å²) in [6, 6.07) is 18.8. The number of nitrogens with one attached hydrogen (secondary N) is 1. The molecule has 7 heteroatoms. The minimum Gasteiger partial charge on any atom is -0.493 e. The van der Waals surface area contributed by atoms with E-state index in [0.29, 0.717) is 41.7 Å². The Morgan fingerprint density at radius 2 is 1.45 bits per heavy atom. The van der Waals surface area contributed by atoms with Gasteiger partial charge < -0.3 is 29.2 Å². The monoisotopic (exact) mass is 448 g/mol. The number of carbonyl (C=O) groups is 1. The van der Waals surface area contributed by atoms with Gasteiger partial charge in [0.15, 0.2) is 23.0 Å². The molecule has 1 aliphatic rings. The number of anilines is 1. The molecule has 33 heavy (non-hydrogen) atoms. The lowest BCUT2D eigenvalue weighted by Gasteiger charge is -2.38. The van der Waals surface area contributed by atoms with Crippen LogP contribution in [0.5, 0.6) is 23.0 Å². The molecule has 0 bridgehead atoms. The Labute approximate surface area is 193 Å². The highest BCUT2D eigenvalue weighted by molar-refractivity contribution is 5.90. The summed E-state index contributed by atoms with van der Waals surface area (Å²) in [4.78, 5) is 15.3. The summed E-state index contributed by atoms with van der Waals surface area (Å²) >= 11 is 0. The molecule has 0 aliphatic carbocycles. The fourth-order valence-electron chi connectivity index (χ4n) is 4.27. The Hall–Kier alpha value is -3.87. The van der Waals surface area contributed by atoms with Gasteiger partial charge in [-0.25, -0.2) is 4.79 Å². The van der Waals surface area contributed by atoms with E-state index < -0.39 is 0 Å². The Kier molecular flexibility index (Phi) is 6.58. The molecule has 7 nitrogen and oxygen atoms in total. The zero-order valence-corrected chi connectivity index (χ0v) is 19.3. The lowest BCUT2D eigenvalue weighted by molar-refractivity contribution is 0.193. The van der Waals surface area contributed by atoms with Crippen LogP contribution in [0, 0.1) is 0 Å². The summed E-state index contributed by atoms with van der Waals surface area (Å²) < 4.78 is 21.7. The molecule has 0 fully saturated rings. The highest BCUT2D eigenvalue weighted by Gasteiger charge is 2.33. The quantitative estimate of drug-likeness (QED) is 0.581. The van der Waals surface area contributed by atoms with Gasteiger partial charge in [-0.05, 0) is 47.4 Å². The molecule has 0 spiro atoms. The van der Waals surface area contributed by atoms with Crippen LogP contribution in [0.3, 0.4) is 0 Å². The molecule has 3 aromatic rings. The molecule has 1 aliphatic heterocycles. The number of benzene rings is 3. The van der Waals surface area contributed by atoms with Crippen LogP contribution in [0.15, 0.2) is 60.7 Å². The van der Waals surface area contributed by atoms with Crippen molar-refractivity contribution in [2.75, 3.05) is 40.3 Å². The van der Waals surface area contributed by atoms with Crippen molar-refractivity contribution in [3.63, 3.8) is 0 Å². The topological polar surface area (TPSA) is 69.3 Å². The van der Waals surface area contributed by atoms with Crippen molar-refractivity contribution in [3.05, 3.63) is 77.4 Å². The van der Waals surface area contributed by atoms with E-state index in [4.69, 9.17) is 18.9 Å². The van der Waals surface area contributed by atoms with Crippen LogP contribution in [0.25, 0.3) is 0 Å². The predicted molar refractivity (Wildman–Crippen MR) is 127 cm³/mol. The van der Waals surface area contributed by atoms with Crippen LogP contribution in [-0.2, 0) is 6.42 Å². The number of ether oxygens (including phenoxy) is 4. The number of rotatable bonds is 6. The van der Waals surface area contributed by atoms with E-state index in [1.807, 2.05) is 47.4 Å². The van der Waals surface area contributed by atoms with E-state index in [1.165, 1.54) is 0 Å². The molecule has 1 atom stereocenters. The summed E-state index contributed by atoms with van der Waals surface area (Å²) in [5.74, 6) is 2.48. The Morgan fingerprint density at radius 1 is 0.818 bits per heavy atom. The first-order chi connectivity index (χ1) is 16.1. The van der Waals surface area contributed by atoms with E-state index in [-0.39, 0.29) is 12.1 Å². The van der Waals surface area contributed by atoms with Gasteiger partial charge in [-0.2, -0.15) is 0 Å². The molecular formula is C26H28N2O5. The number of amides is 2. The van der Waals surface area contributed by atoms with Gasteiger partial charge in [-0.3, -0.25) is 0 Å². The number of fused-ring (bicyclic) bond motifs is 1. The van der Waals surface area contributed by atoms with Crippen molar-refractivity contribution in [1.82, 2.24) is 4.90 Å². The molecule has 0 saturated carbocycles. The number of hydrogen-bond donors (Lipinski definition) is 1. The first-order valence-corrected chi connectivity index (χ1v) is 10.7. The van der Waals surface area contributed by atoms with Crippen molar-refractivity contribution in [2.24, 2.45) is 0 Å². The molecule has 0 unspecified atom stereocenters. The van der Waals surface area contributed by atoms with Gasteiger partial charge in [0.1, 0.15) is 0 Å². The molecule has 4 rings (SSSR count). The van der Waals surface area contributed by atoms with Gasteiger partial charge in [-0.1, -0.05) is 30.3 Å². The number of hydrogen-bond acceptors (Lipinski definition) is 5. The summed E-state index contributed by atoms with van der Waals surface area (Å²) in [5.41, 5.74) is 3.81. The first-order valence-electron chi connectivity index (χ1n) is 10.7. The smallest absolute Gasteiger partial charge is 0.322 e. The second kappa shape index (κ2) is 9.73. The van der Waals surface area contributed by atoms with E-state index >= 15 is 0 Å². The van der Waals surface area contributed by atoms with E-state index in [9.17, 15) is 4.79 Å². The predicted octanol–water partition coefficient (Wildman–Crippen LogP) is 4.90. The van der Waals surface area contributed by atoms with Crippen molar-refractivity contribution >= 4 is 11.7 Å². The summed E-state index contributed by atoms with van der Waals surface area (Å²) in [6.07, 6.45) is 0.707. The average Bonchev–Trinajstić information content (AvgIpc) is 2.87. The second-order valence-corrected chi connectivity index (χ2v) is 7.66. The standard InChI is InChI=1S/C26H28N2O5/c1-30-21-11-10-19(15-23(21)32-3)27-26(29)28-13-12-18-14-22(31-2)24(33-4)16-20(18)25(28)17-8-6-5-7-9-17/h5-11,14-16,25H,12-13H2,1-4H3,(H,27,29)/t25-/m1/s1. The first kappa shape index (κ1) is 22.3. The van der Waals surface area contributed by atoms with Crippen molar-refractivity contribution in [1.29, 1.82) is 0 Å². The van der Waals surface area contributed by atoms with Crippen molar-refractivity contribution < 1.29 is 23.7 Å². The van der Waals surface area contributed by atoms with Gasteiger partial charge in [0, 0.05) is 18.3 Å². The van der Waals surface area contributed by atoms with Gasteiger partial charge >= 0.3 is 6.03 Å². The molecule has 172 valence electrons. The Balaban J connectivity index is 1.71. The zero-order chi connectivity index (χ0) is 23.4. The van der Waals surface area contributed by atoms with E-state index in [0.717, 1.165) is 16.7 Å². The van der Waals surface area contributed by atoms with E-state index in [1.54, 1.807) is 46.6 Å². The highest BCUT2D eigenvalue weighted by Crippen LogP contribution is 2.41. The van der Waals surface area contributed by atoms with Crippen LogP contribution in [-0.4, -0.2) is 45.9 Å². The molecular weight excluding hydrogens is 420 g/mol. The third-order valence-corrected chi connectivity index (χ3v) is 5.88. The highest BCUT2D eigenvalue weighted by atomic mass is 16.5. The molecule has 1 N–H and O–H groups in total. The maximum Gasteiger partial charge on any atom is 0.322 e. The fraction of sp³-hybridized carbons (Fsp3) is 0.269. The van der Waals surface area contributed by atoms with Gasteiger partial charge in [-0.15, -0.1) is 0 Å². The van der Waals surface area contributed by atoms with Crippen LogP contribution < -0.4 is 24.3 Å². The summed E-state index contributed by atoms with van der Waals surface area (Å²) in [7, 11) is 6.39. The lowest BCUT2D eigenvalue weighted by Crippen LogP contribution is -2.43. The van der Waals surface area contributed by atoms with Gasteiger partial charge in [0.2, 0.25) is 0 Å². The van der Waals surface area contributed by atoms with Gasteiger partial charge in [0.25, 0.3) is 0 Å². The van der Waals surface area contributed by atoms with Crippen molar-refractivity contribution in [3.8, 4) is 23.0 Å². The molecule has 0 radical (unpaired) electrons. The SMILES string of the molecule is COc1ccc(NC(=O)N2CCc3cc(OC)c(OC)cc3[C@H]2c2ccccc2)cc1OC. The second-order valence-electron chi connectivity index (χ2n) is 7.66. The molecule has 1 heterocycles. The third kappa shape index (κ3) is 4.39. The van der Waals surface area contributed by atoms with Crippen LogP contribution in [0.4, 0.5) is 10.5 Å². The van der Waals surface area contributed by atoms with Crippen molar-refractivity contribution in [2.45, 2.75) is 12.5 Å². The largest absolute Gasteiger partial charge is 0.493 e.